The zero-order valence-electron chi connectivity index (χ0n) is 11.9. The third-order valence-corrected chi connectivity index (χ3v) is 3.23. The maximum atomic E-state index is 11.0. The van der Waals surface area contributed by atoms with Crippen molar-refractivity contribution in [1.29, 1.82) is 0 Å². The summed E-state index contributed by atoms with van der Waals surface area (Å²) >= 11 is 1.79. The molecule has 5 heteroatoms. The van der Waals surface area contributed by atoms with Crippen molar-refractivity contribution >= 4 is 23.6 Å². The highest BCUT2D eigenvalue weighted by atomic mass is 32.2. The van der Waals surface area contributed by atoms with Crippen molar-refractivity contribution in [3.63, 3.8) is 0 Å². The molecule has 0 aliphatic rings. The van der Waals surface area contributed by atoms with E-state index >= 15 is 0 Å². The Bertz CT molecular complexity index is 288. The fourth-order valence-electron chi connectivity index (χ4n) is 0.807. The molecule has 0 saturated heterocycles. The van der Waals surface area contributed by atoms with E-state index in [0.29, 0.717) is 0 Å². The van der Waals surface area contributed by atoms with Gasteiger partial charge >= 0.3 is 6.09 Å². The van der Waals surface area contributed by atoms with Crippen LogP contribution in [0.3, 0.4) is 0 Å². The smallest absolute Gasteiger partial charge is 0.323 e. The fourth-order valence-corrected chi connectivity index (χ4v) is 1.86. The van der Waals surface area contributed by atoms with Crippen molar-refractivity contribution in [2.24, 2.45) is 10.6 Å². The lowest BCUT2D eigenvalue weighted by atomic mass is 9.91. The van der Waals surface area contributed by atoms with E-state index in [2.05, 4.69) is 52.0 Å². The molecule has 0 radical (unpaired) electrons. The van der Waals surface area contributed by atoms with Crippen LogP contribution in [-0.2, 0) is 4.84 Å². The molecule has 0 aliphatic heterocycles. The predicted octanol–water partition coefficient (Wildman–Crippen LogP) is 3.28. The van der Waals surface area contributed by atoms with Crippen LogP contribution in [0.25, 0.3) is 0 Å². The molecule has 0 aliphatic carbocycles. The van der Waals surface area contributed by atoms with Gasteiger partial charge in [0.2, 0.25) is 0 Å². The molecule has 4 nitrogen and oxygen atoms in total. The summed E-state index contributed by atoms with van der Waals surface area (Å²) in [5.74, 6) is 0.754. The minimum absolute atomic E-state index is 0.105. The highest BCUT2D eigenvalue weighted by Gasteiger charge is 2.23. The Labute approximate surface area is 109 Å². The summed E-state index contributed by atoms with van der Waals surface area (Å²) in [6.07, 6.45) is -0.535. The third kappa shape index (κ3) is 8.07. The lowest BCUT2D eigenvalue weighted by Crippen LogP contribution is -2.27. The zero-order chi connectivity index (χ0) is 13.7. The van der Waals surface area contributed by atoms with Gasteiger partial charge in [0, 0.05) is 23.0 Å². The topological polar surface area (TPSA) is 50.7 Å². The number of hydrogen-bond acceptors (Lipinski definition) is 4. The van der Waals surface area contributed by atoms with Crippen LogP contribution in [0.4, 0.5) is 4.79 Å². The first kappa shape index (κ1) is 16.3. The molecule has 0 spiro atoms. The van der Waals surface area contributed by atoms with Crippen molar-refractivity contribution in [3.8, 4) is 0 Å². The Morgan fingerprint density at radius 1 is 1.24 bits per heavy atom. The monoisotopic (exact) mass is 260 g/mol. The lowest BCUT2D eigenvalue weighted by Gasteiger charge is -2.24. The van der Waals surface area contributed by atoms with E-state index in [1.807, 2.05) is 0 Å². The summed E-state index contributed by atoms with van der Waals surface area (Å²) in [6.45, 7) is 12.6. The molecular formula is C12H24N2O2S. The van der Waals surface area contributed by atoms with Gasteiger partial charge in [-0.15, -0.1) is 11.8 Å². The minimum atomic E-state index is -0.535. The number of hydrogen-bond donors (Lipinski definition) is 1. The maximum Gasteiger partial charge on any atom is 0.433 e. The zero-order valence-corrected chi connectivity index (χ0v) is 12.7. The quantitative estimate of drug-likeness (QED) is 0.481. The molecule has 0 bridgehead atoms. The van der Waals surface area contributed by atoms with Crippen molar-refractivity contribution in [2.45, 2.75) is 46.3 Å². The Kier molecular flexibility index (Phi) is 6.02. The second-order valence-corrected chi connectivity index (χ2v) is 7.62. The number of carbonyl (C=O) groups is 1. The van der Waals surface area contributed by atoms with Gasteiger partial charge < -0.3 is 5.32 Å². The number of nitrogens with zero attached hydrogens (tertiary/aromatic N) is 1. The van der Waals surface area contributed by atoms with E-state index in [1.165, 1.54) is 7.05 Å². The summed E-state index contributed by atoms with van der Waals surface area (Å²) in [5, 5.41) is 6.32. The lowest BCUT2D eigenvalue weighted by molar-refractivity contribution is 0.152. The van der Waals surface area contributed by atoms with E-state index in [9.17, 15) is 4.79 Å². The molecule has 0 unspecified atom stereocenters. The van der Waals surface area contributed by atoms with E-state index in [0.717, 1.165) is 11.5 Å². The first-order valence-corrected chi connectivity index (χ1v) is 6.65. The molecule has 100 valence electrons. The second kappa shape index (κ2) is 6.28. The average Bonchev–Trinajstić information content (AvgIpc) is 2.13. The van der Waals surface area contributed by atoms with E-state index in [-0.39, 0.29) is 10.2 Å². The van der Waals surface area contributed by atoms with Gasteiger partial charge in [0.1, 0.15) is 0 Å². The molecule has 0 aromatic carbocycles. The van der Waals surface area contributed by atoms with Crippen LogP contribution < -0.4 is 5.32 Å². The minimum Gasteiger partial charge on any atom is -0.323 e. The molecule has 0 rings (SSSR count). The molecular weight excluding hydrogens is 236 g/mol. The number of nitrogens with one attached hydrogen (secondary N) is 1. The molecule has 0 heterocycles. The van der Waals surface area contributed by atoms with Crippen LogP contribution in [0.2, 0.25) is 0 Å². The van der Waals surface area contributed by atoms with Crippen LogP contribution in [0, 0.1) is 5.41 Å². The van der Waals surface area contributed by atoms with E-state index in [1.54, 1.807) is 11.8 Å². The van der Waals surface area contributed by atoms with Crippen molar-refractivity contribution in [1.82, 2.24) is 5.32 Å². The molecule has 0 fully saturated rings. The fraction of sp³-hybridized carbons (Fsp3) is 0.833. The standard InChI is InChI=1S/C12H24N2O2S/c1-11(2,3)9(8-17-12(4,5)6)14-16-10(15)13-7/h8H2,1-7H3,(H,13,15). The number of oxime groups is 1. The van der Waals surface area contributed by atoms with Gasteiger partial charge in [-0.3, -0.25) is 4.84 Å². The Balaban J connectivity index is 4.61. The SMILES string of the molecule is CNC(=O)ON=C(CSC(C)(C)C)C(C)(C)C. The van der Waals surface area contributed by atoms with Crippen LogP contribution in [0.15, 0.2) is 5.16 Å². The van der Waals surface area contributed by atoms with Gasteiger partial charge in [0.05, 0.1) is 5.71 Å². The van der Waals surface area contributed by atoms with Crippen molar-refractivity contribution in [2.75, 3.05) is 12.8 Å². The van der Waals surface area contributed by atoms with Gasteiger partial charge in [0.25, 0.3) is 0 Å². The number of amides is 1. The van der Waals surface area contributed by atoms with E-state index in [4.69, 9.17) is 4.84 Å². The molecule has 0 atom stereocenters. The summed E-state index contributed by atoms with van der Waals surface area (Å²) in [5.41, 5.74) is 0.771. The highest BCUT2D eigenvalue weighted by molar-refractivity contribution is 8.01. The third-order valence-electron chi connectivity index (χ3n) is 1.95. The second-order valence-electron chi connectivity index (χ2n) is 5.82. The van der Waals surface area contributed by atoms with Gasteiger partial charge in [-0.1, -0.05) is 46.7 Å². The predicted molar refractivity (Wildman–Crippen MR) is 74.6 cm³/mol. The summed E-state index contributed by atoms with van der Waals surface area (Å²) in [4.78, 5) is 15.8. The van der Waals surface area contributed by atoms with Crippen molar-refractivity contribution < 1.29 is 9.63 Å². The van der Waals surface area contributed by atoms with Crippen LogP contribution >= 0.6 is 11.8 Å². The van der Waals surface area contributed by atoms with Crippen LogP contribution in [-0.4, -0.2) is 29.4 Å². The average molecular weight is 260 g/mol. The number of thioether (sulfide) groups is 1. The summed E-state index contributed by atoms with van der Waals surface area (Å²) < 4.78 is 0.166. The number of carbonyl (C=O) groups excluding carboxylic acids is 1. The first-order valence-electron chi connectivity index (χ1n) is 5.66. The molecule has 1 amide bonds. The largest absolute Gasteiger partial charge is 0.433 e. The molecule has 0 aromatic heterocycles. The van der Waals surface area contributed by atoms with Crippen molar-refractivity contribution in [3.05, 3.63) is 0 Å². The van der Waals surface area contributed by atoms with Gasteiger partial charge in [0.15, 0.2) is 0 Å². The first-order chi connectivity index (χ1) is 7.56. The summed E-state index contributed by atoms with van der Waals surface area (Å²) in [7, 11) is 1.51. The van der Waals surface area contributed by atoms with Gasteiger partial charge in [-0.2, -0.15) is 0 Å². The molecule has 0 aromatic rings. The Hall–Kier alpha value is -0.710. The van der Waals surface area contributed by atoms with Gasteiger partial charge in [-0.05, 0) is 0 Å². The van der Waals surface area contributed by atoms with Crippen LogP contribution in [0.1, 0.15) is 41.5 Å². The normalized spacial score (nSPS) is 13.5. The molecule has 1 N–H and O–H groups in total. The maximum absolute atomic E-state index is 11.0. The van der Waals surface area contributed by atoms with Gasteiger partial charge in [-0.25, -0.2) is 4.79 Å². The number of rotatable bonds is 3. The molecule has 0 saturated carbocycles. The Morgan fingerprint density at radius 2 is 1.76 bits per heavy atom. The Morgan fingerprint density at radius 3 is 2.12 bits per heavy atom. The summed E-state index contributed by atoms with van der Waals surface area (Å²) in [6, 6.07) is 0. The molecule has 17 heavy (non-hydrogen) atoms. The van der Waals surface area contributed by atoms with E-state index < -0.39 is 6.09 Å². The van der Waals surface area contributed by atoms with Crippen LogP contribution in [0.5, 0.6) is 0 Å². The highest BCUT2D eigenvalue weighted by Crippen LogP contribution is 2.27.